The van der Waals surface area contributed by atoms with Crippen molar-refractivity contribution in [2.75, 3.05) is 19.4 Å². The molecule has 0 atom stereocenters. The maximum absolute atomic E-state index is 14.6. The zero-order valence-corrected chi connectivity index (χ0v) is 14.4. The van der Waals surface area contributed by atoms with Crippen molar-refractivity contribution in [1.82, 2.24) is 20.5 Å². The number of rotatable bonds is 5. The zero-order chi connectivity index (χ0) is 18.7. The normalized spacial score (nSPS) is 10.7. The lowest BCUT2D eigenvalue weighted by Crippen LogP contribution is -2.26. The maximum atomic E-state index is 14.6. The maximum Gasteiger partial charge on any atom is 0.272 e. The monoisotopic (exact) mass is 355 g/mol. The van der Waals surface area contributed by atoms with Gasteiger partial charge in [-0.25, -0.2) is 9.37 Å². The molecule has 3 rings (SSSR count). The Bertz CT molecular complexity index is 977. The first-order valence-corrected chi connectivity index (χ1v) is 8.08. The number of carbonyl (C=O) groups excluding carboxylic acids is 1. The lowest BCUT2D eigenvalue weighted by Gasteiger charge is -2.14. The SMILES string of the molecule is CCCNC(=O)c1ncc2c(-c3cnncc3OC)c(F)ccc2c1N. The van der Waals surface area contributed by atoms with E-state index in [1.165, 1.54) is 37.8 Å². The third-order valence-corrected chi connectivity index (χ3v) is 4.00. The first-order chi connectivity index (χ1) is 12.6. The van der Waals surface area contributed by atoms with Gasteiger partial charge < -0.3 is 15.8 Å². The fourth-order valence-electron chi connectivity index (χ4n) is 2.73. The molecule has 3 aromatic rings. The Morgan fingerprint density at radius 2 is 2.00 bits per heavy atom. The average Bonchev–Trinajstić information content (AvgIpc) is 2.66. The largest absolute Gasteiger partial charge is 0.494 e. The molecular formula is C18H18FN5O2. The van der Waals surface area contributed by atoms with Gasteiger partial charge >= 0.3 is 0 Å². The van der Waals surface area contributed by atoms with Gasteiger partial charge in [0.25, 0.3) is 5.91 Å². The van der Waals surface area contributed by atoms with Crippen molar-refractivity contribution >= 4 is 22.4 Å². The summed E-state index contributed by atoms with van der Waals surface area (Å²) in [6, 6.07) is 2.82. The van der Waals surface area contributed by atoms with Crippen molar-refractivity contribution in [3.05, 3.63) is 42.2 Å². The number of nitrogens with zero attached hydrogens (tertiary/aromatic N) is 3. The lowest BCUT2D eigenvalue weighted by atomic mass is 9.98. The van der Waals surface area contributed by atoms with Gasteiger partial charge in [0.1, 0.15) is 11.6 Å². The third kappa shape index (κ3) is 3.01. The molecule has 0 radical (unpaired) electrons. The van der Waals surface area contributed by atoms with Crippen LogP contribution in [-0.2, 0) is 0 Å². The Balaban J connectivity index is 2.22. The molecule has 0 saturated heterocycles. The van der Waals surface area contributed by atoms with Gasteiger partial charge in [-0.15, -0.1) is 0 Å². The van der Waals surface area contributed by atoms with Crippen LogP contribution in [0.4, 0.5) is 10.1 Å². The van der Waals surface area contributed by atoms with Gasteiger partial charge in [-0.05, 0) is 18.6 Å². The summed E-state index contributed by atoms with van der Waals surface area (Å²) in [5.41, 5.74) is 7.13. The van der Waals surface area contributed by atoms with E-state index in [4.69, 9.17) is 10.5 Å². The van der Waals surface area contributed by atoms with Gasteiger partial charge in [0.2, 0.25) is 0 Å². The number of hydrogen-bond acceptors (Lipinski definition) is 6. The first-order valence-electron chi connectivity index (χ1n) is 8.08. The third-order valence-electron chi connectivity index (χ3n) is 4.00. The number of hydrogen-bond donors (Lipinski definition) is 2. The van der Waals surface area contributed by atoms with Crippen LogP contribution in [0.1, 0.15) is 23.8 Å². The molecule has 0 aliphatic rings. The molecule has 3 N–H and O–H groups in total. The van der Waals surface area contributed by atoms with Crippen LogP contribution in [0.15, 0.2) is 30.7 Å². The molecule has 26 heavy (non-hydrogen) atoms. The average molecular weight is 355 g/mol. The Hall–Kier alpha value is -3.29. The highest BCUT2D eigenvalue weighted by atomic mass is 19.1. The molecule has 7 nitrogen and oxygen atoms in total. The molecule has 2 heterocycles. The van der Waals surface area contributed by atoms with Crippen molar-refractivity contribution in [1.29, 1.82) is 0 Å². The molecular weight excluding hydrogens is 337 g/mol. The Kier molecular flexibility index (Phi) is 4.92. The predicted molar refractivity (Wildman–Crippen MR) is 96.3 cm³/mol. The number of benzene rings is 1. The van der Waals surface area contributed by atoms with Gasteiger partial charge in [0.15, 0.2) is 5.69 Å². The molecule has 0 aliphatic heterocycles. The van der Waals surface area contributed by atoms with E-state index in [1.807, 2.05) is 6.92 Å². The number of halogens is 1. The molecule has 0 unspecified atom stereocenters. The second kappa shape index (κ2) is 7.30. The van der Waals surface area contributed by atoms with Crippen molar-refractivity contribution in [3.63, 3.8) is 0 Å². The van der Waals surface area contributed by atoms with Crippen LogP contribution in [0.25, 0.3) is 21.9 Å². The van der Waals surface area contributed by atoms with E-state index < -0.39 is 5.82 Å². The van der Waals surface area contributed by atoms with Gasteiger partial charge in [-0.1, -0.05) is 6.92 Å². The molecule has 0 fully saturated rings. The molecule has 0 saturated carbocycles. The predicted octanol–water partition coefficient (Wildman–Crippen LogP) is 2.56. The number of amides is 1. The summed E-state index contributed by atoms with van der Waals surface area (Å²) < 4.78 is 19.9. The number of aromatic nitrogens is 3. The van der Waals surface area contributed by atoms with Gasteiger partial charge in [0.05, 0.1) is 25.2 Å². The summed E-state index contributed by atoms with van der Waals surface area (Å²) in [4.78, 5) is 16.4. The van der Waals surface area contributed by atoms with Gasteiger partial charge in [-0.2, -0.15) is 10.2 Å². The van der Waals surface area contributed by atoms with E-state index >= 15 is 0 Å². The number of nitrogens with one attached hydrogen (secondary N) is 1. The minimum atomic E-state index is -0.479. The summed E-state index contributed by atoms with van der Waals surface area (Å²) in [5.74, 6) is -0.469. The topological polar surface area (TPSA) is 103 Å². The molecule has 134 valence electrons. The lowest BCUT2D eigenvalue weighted by molar-refractivity contribution is 0.0950. The van der Waals surface area contributed by atoms with Crippen LogP contribution >= 0.6 is 0 Å². The quantitative estimate of drug-likeness (QED) is 0.729. The number of carbonyl (C=O) groups is 1. The van der Waals surface area contributed by atoms with E-state index in [9.17, 15) is 9.18 Å². The second-order valence-corrected chi connectivity index (χ2v) is 5.63. The Labute approximate surface area is 149 Å². The molecule has 1 amide bonds. The minimum Gasteiger partial charge on any atom is -0.494 e. The number of ether oxygens (including phenoxy) is 1. The number of nitrogen functional groups attached to an aromatic ring is 1. The van der Waals surface area contributed by atoms with Crippen LogP contribution < -0.4 is 15.8 Å². The highest BCUT2D eigenvalue weighted by Crippen LogP contribution is 2.37. The van der Waals surface area contributed by atoms with Gasteiger partial charge in [0, 0.05) is 34.6 Å². The van der Waals surface area contributed by atoms with Crippen molar-refractivity contribution < 1.29 is 13.9 Å². The molecule has 0 spiro atoms. The Morgan fingerprint density at radius 3 is 2.73 bits per heavy atom. The zero-order valence-electron chi connectivity index (χ0n) is 14.4. The summed E-state index contributed by atoms with van der Waals surface area (Å²) in [6.45, 7) is 2.47. The highest BCUT2D eigenvalue weighted by Gasteiger charge is 2.20. The van der Waals surface area contributed by atoms with Crippen LogP contribution in [0.3, 0.4) is 0 Å². The van der Waals surface area contributed by atoms with E-state index in [2.05, 4.69) is 20.5 Å². The highest BCUT2D eigenvalue weighted by molar-refractivity contribution is 6.09. The van der Waals surface area contributed by atoms with E-state index in [-0.39, 0.29) is 22.9 Å². The Morgan fingerprint density at radius 1 is 1.23 bits per heavy atom. The van der Waals surface area contributed by atoms with Crippen molar-refractivity contribution in [2.45, 2.75) is 13.3 Å². The van der Waals surface area contributed by atoms with Crippen LogP contribution in [0.5, 0.6) is 5.75 Å². The fraction of sp³-hybridized carbons (Fsp3) is 0.222. The summed E-state index contributed by atoms with van der Waals surface area (Å²) in [6.07, 6.45) is 5.04. The van der Waals surface area contributed by atoms with Crippen molar-refractivity contribution in [3.8, 4) is 16.9 Å². The first kappa shape index (κ1) is 17.5. The summed E-state index contributed by atoms with van der Waals surface area (Å²) in [7, 11) is 1.46. The second-order valence-electron chi connectivity index (χ2n) is 5.63. The molecule has 0 bridgehead atoms. The van der Waals surface area contributed by atoms with E-state index in [0.717, 1.165) is 6.42 Å². The van der Waals surface area contributed by atoms with Crippen molar-refractivity contribution in [2.24, 2.45) is 0 Å². The standard InChI is InChI=1S/C18H18FN5O2/c1-3-6-21-18(25)17-16(20)10-4-5-13(19)15(11(10)7-22-17)12-8-23-24-9-14(12)26-2/h4-5,7-9H,3,6,20H2,1-2H3,(H,21,25). The minimum absolute atomic E-state index is 0.114. The molecule has 1 aromatic carbocycles. The number of fused-ring (bicyclic) bond motifs is 1. The van der Waals surface area contributed by atoms with Crippen LogP contribution in [0.2, 0.25) is 0 Å². The number of pyridine rings is 1. The van der Waals surface area contributed by atoms with E-state index in [0.29, 0.717) is 28.6 Å². The molecule has 0 aliphatic carbocycles. The van der Waals surface area contributed by atoms with E-state index in [1.54, 1.807) is 0 Å². The number of methoxy groups -OCH3 is 1. The number of nitrogens with two attached hydrogens (primary N) is 1. The van der Waals surface area contributed by atoms with Gasteiger partial charge in [-0.3, -0.25) is 4.79 Å². The van der Waals surface area contributed by atoms with Crippen LogP contribution in [0, 0.1) is 5.82 Å². The summed E-state index contributed by atoms with van der Waals surface area (Å²) >= 11 is 0. The molecule has 8 heteroatoms. The fourth-order valence-corrected chi connectivity index (χ4v) is 2.73. The summed E-state index contributed by atoms with van der Waals surface area (Å²) in [5, 5.41) is 11.3. The smallest absolute Gasteiger partial charge is 0.272 e. The molecule has 2 aromatic heterocycles. The number of anilines is 1. The van der Waals surface area contributed by atoms with Crippen LogP contribution in [-0.4, -0.2) is 34.7 Å².